The molecule has 126 valence electrons. The van der Waals surface area contributed by atoms with Gasteiger partial charge in [0, 0.05) is 15.7 Å². The Morgan fingerprint density at radius 2 is 1.56 bits per heavy atom. The highest BCUT2D eigenvalue weighted by molar-refractivity contribution is 6.35. The van der Waals surface area contributed by atoms with Crippen LogP contribution in [0.3, 0.4) is 0 Å². The van der Waals surface area contributed by atoms with Gasteiger partial charge in [0.05, 0.1) is 6.42 Å². The minimum atomic E-state index is -0.152. The second-order valence-electron chi connectivity index (χ2n) is 5.40. The molecule has 0 saturated carbocycles. The molecule has 0 heterocycles. The van der Waals surface area contributed by atoms with Crippen LogP contribution in [0.15, 0.2) is 72.8 Å². The topological polar surface area (TPSA) is 38.3 Å². The van der Waals surface area contributed by atoms with E-state index in [-0.39, 0.29) is 12.3 Å². The van der Waals surface area contributed by atoms with Crippen LogP contribution in [0, 0.1) is 0 Å². The molecule has 0 saturated heterocycles. The fraction of sp³-hybridized carbons (Fsp3) is 0.0500. The predicted molar refractivity (Wildman–Crippen MR) is 102 cm³/mol. The zero-order chi connectivity index (χ0) is 17.6. The zero-order valence-electron chi connectivity index (χ0n) is 13.2. The average Bonchev–Trinajstić information content (AvgIpc) is 2.60. The van der Waals surface area contributed by atoms with E-state index in [1.54, 1.807) is 42.5 Å². The number of halogens is 2. The molecular weight excluding hydrogens is 357 g/mol. The molecule has 3 rings (SSSR count). The van der Waals surface area contributed by atoms with Crippen molar-refractivity contribution in [3.63, 3.8) is 0 Å². The van der Waals surface area contributed by atoms with Crippen molar-refractivity contribution >= 4 is 34.8 Å². The van der Waals surface area contributed by atoms with Crippen LogP contribution in [0.25, 0.3) is 0 Å². The first kappa shape index (κ1) is 17.3. The smallest absolute Gasteiger partial charge is 0.228 e. The standard InChI is InChI=1S/C20H15Cl2NO2/c21-15-7-6-14(19(22)13-15)12-20(24)23-16-8-10-18(11-9-16)25-17-4-2-1-3-5-17/h1-11,13H,12H2,(H,23,24). The molecule has 0 aromatic heterocycles. The summed E-state index contributed by atoms with van der Waals surface area (Å²) in [5, 5.41) is 3.86. The number of benzene rings is 3. The van der Waals surface area contributed by atoms with Crippen molar-refractivity contribution in [3.8, 4) is 11.5 Å². The minimum Gasteiger partial charge on any atom is -0.457 e. The number of hydrogen-bond acceptors (Lipinski definition) is 2. The number of carbonyl (C=O) groups is 1. The number of hydrogen-bond donors (Lipinski definition) is 1. The predicted octanol–water partition coefficient (Wildman–Crippen LogP) is 5.97. The largest absolute Gasteiger partial charge is 0.457 e. The van der Waals surface area contributed by atoms with E-state index < -0.39 is 0 Å². The SMILES string of the molecule is O=C(Cc1ccc(Cl)cc1Cl)Nc1ccc(Oc2ccccc2)cc1. The Bertz CT molecular complexity index is 865. The summed E-state index contributed by atoms with van der Waals surface area (Å²) in [5.74, 6) is 1.31. The van der Waals surface area contributed by atoms with Gasteiger partial charge in [-0.25, -0.2) is 0 Å². The molecule has 5 heteroatoms. The zero-order valence-corrected chi connectivity index (χ0v) is 14.7. The highest BCUT2D eigenvalue weighted by Crippen LogP contribution is 2.24. The van der Waals surface area contributed by atoms with Crippen molar-refractivity contribution in [3.05, 3.63) is 88.4 Å². The van der Waals surface area contributed by atoms with E-state index in [4.69, 9.17) is 27.9 Å². The van der Waals surface area contributed by atoms with Gasteiger partial charge in [0.25, 0.3) is 0 Å². The molecule has 3 aromatic carbocycles. The Hall–Kier alpha value is -2.49. The molecule has 1 N–H and O–H groups in total. The Labute approximate surface area is 156 Å². The Balaban J connectivity index is 1.60. The molecule has 0 unspecified atom stereocenters. The van der Waals surface area contributed by atoms with Crippen LogP contribution in [-0.2, 0) is 11.2 Å². The summed E-state index contributed by atoms with van der Waals surface area (Å²) >= 11 is 12.0. The Morgan fingerprint density at radius 3 is 2.24 bits per heavy atom. The summed E-state index contributed by atoms with van der Waals surface area (Å²) in [4.78, 5) is 12.2. The van der Waals surface area contributed by atoms with E-state index in [0.29, 0.717) is 21.5 Å². The van der Waals surface area contributed by atoms with E-state index in [1.165, 1.54) is 0 Å². The van der Waals surface area contributed by atoms with Gasteiger partial charge in [-0.2, -0.15) is 0 Å². The van der Waals surface area contributed by atoms with E-state index >= 15 is 0 Å². The van der Waals surface area contributed by atoms with Gasteiger partial charge in [-0.3, -0.25) is 4.79 Å². The quantitative estimate of drug-likeness (QED) is 0.600. The van der Waals surface area contributed by atoms with Crippen LogP contribution in [0.5, 0.6) is 11.5 Å². The summed E-state index contributed by atoms with van der Waals surface area (Å²) < 4.78 is 5.72. The van der Waals surface area contributed by atoms with Gasteiger partial charge in [-0.15, -0.1) is 0 Å². The fourth-order valence-corrected chi connectivity index (χ4v) is 2.75. The molecular formula is C20H15Cl2NO2. The maximum atomic E-state index is 12.2. The molecule has 0 radical (unpaired) electrons. The highest BCUT2D eigenvalue weighted by atomic mass is 35.5. The van der Waals surface area contributed by atoms with Gasteiger partial charge in [0.1, 0.15) is 11.5 Å². The van der Waals surface area contributed by atoms with Gasteiger partial charge < -0.3 is 10.1 Å². The van der Waals surface area contributed by atoms with Crippen LogP contribution < -0.4 is 10.1 Å². The Morgan fingerprint density at radius 1 is 0.880 bits per heavy atom. The van der Waals surface area contributed by atoms with Crippen LogP contribution in [0.4, 0.5) is 5.69 Å². The lowest BCUT2D eigenvalue weighted by molar-refractivity contribution is -0.115. The van der Waals surface area contributed by atoms with Crippen molar-refractivity contribution in [2.24, 2.45) is 0 Å². The molecule has 3 nitrogen and oxygen atoms in total. The maximum absolute atomic E-state index is 12.2. The molecule has 0 aliphatic heterocycles. The number of amides is 1. The van der Waals surface area contributed by atoms with E-state index in [2.05, 4.69) is 5.32 Å². The van der Waals surface area contributed by atoms with Crippen molar-refractivity contribution in [2.75, 3.05) is 5.32 Å². The molecule has 0 atom stereocenters. The average molecular weight is 372 g/mol. The third-order valence-corrected chi connectivity index (χ3v) is 4.07. The third kappa shape index (κ3) is 4.99. The minimum absolute atomic E-state index is 0.152. The van der Waals surface area contributed by atoms with E-state index in [1.807, 2.05) is 30.3 Å². The lowest BCUT2D eigenvalue weighted by Gasteiger charge is -2.09. The molecule has 3 aromatic rings. The van der Waals surface area contributed by atoms with Gasteiger partial charge in [-0.05, 0) is 54.1 Å². The number of carbonyl (C=O) groups excluding carboxylic acids is 1. The highest BCUT2D eigenvalue weighted by Gasteiger charge is 2.08. The van der Waals surface area contributed by atoms with Gasteiger partial charge in [-0.1, -0.05) is 47.5 Å². The fourth-order valence-electron chi connectivity index (χ4n) is 2.27. The molecule has 0 fully saturated rings. The lowest BCUT2D eigenvalue weighted by atomic mass is 10.1. The van der Waals surface area contributed by atoms with E-state index in [0.717, 1.165) is 11.3 Å². The lowest BCUT2D eigenvalue weighted by Crippen LogP contribution is -2.14. The number of rotatable bonds is 5. The second kappa shape index (κ2) is 8.06. The molecule has 25 heavy (non-hydrogen) atoms. The summed E-state index contributed by atoms with van der Waals surface area (Å²) in [6.45, 7) is 0. The summed E-state index contributed by atoms with van der Waals surface area (Å²) in [5.41, 5.74) is 1.42. The first-order chi connectivity index (χ1) is 12.1. The van der Waals surface area contributed by atoms with Crippen molar-refractivity contribution < 1.29 is 9.53 Å². The number of nitrogens with one attached hydrogen (secondary N) is 1. The molecule has 1 amide bonds. The molecule has 0 bridgehead atoms. The van der Waals surface area contributed by atoms with Crippen molar-refractivity contribution in [2.45, 2.75) is 6.42 Å². The van der Waals surface area contributed by atoms with Crippen molar-refractivity contribution in [1.29, 1.82) is 0 Å². The number of anilines is 1. The van der Waals surface area contributed by atoms with Gasteiger partial charge in [0.15, 0.2) is 0 Å². The summed E-state index contributed by atoms with van der Waals surface area (Å²) in [6.07, 6.45) is 0.179. The molecule has 0 spiro atoms. The van der Waals surface area contributed by atoms with Crippen LogP contribution >= 0.6 is 23.2 Å². The monoisotopic (exact) mass is 371 g/mol. The molecule has 0 aliphatic rings. The normalized spacial score (nSPS) is 10.3. The molecule has 0 aliphatic carbocycles. The van der Waals surface area contributed by atoms with Gasteiger partial charge >= 0.3 is 0 Å². The third-order valence-electron chi connectivity index (χ3n) is 3.48. The number of para-hydroxylation sites is 1. The summed E-state index contributed by atoms with van der Waals surface area (Å²) in [6, 6.07) is 21.8. The van der Waals surface area contributed by atoms with Gasteiger partial charge in [0.2, 0.25) is 5.91 Å². The summed E-state index contributed by atoms with van der Waals surface area (Å²) in [7, 11) is 0. The van der Waals surface area contributed by atoms with Crippen LogP contribution in [0.1, 0.15) is 5.56 Å². The van der Waals surface area contributed by atoms with Crippen LogP contribution in [-0.4, -0.2) is 5.91 Å². The second-order valence-corrected chi connectivity index (χ2v) is 6.24. The first-order valence-electron chi connectivity index (χ1n) is 7.67. The number of ether oxygens (including phenoxy) is 1. The Kier molecular flexibility index (Phi) is 5.59. The van der Waals surface area contributed by atoms with Crippen molar-refractivity contribution in [1.82, 2.24) is 0 Å². The van der Waals surface area contributed by atoms with E-state index in [9.17, 15) is 4.79 Å². The van der Waals surface area contributed by atoms with Crippen LogP contribution in [0.2, 0.25) is 10.0 Å². The first-order valence-corrected chi connectivity index (χ1v) is 8.42. The maximum Gasteiger partial charge on any atom is 0.228 e.